The van der Waals surface area contributed by atoms with Crippen LogP contribution in [0.25, 0.3) is 0 Å². The highest BCUT2D eigenvalue weighted by Gasteiger charge is 2.16. The fraction of sp³-hybridized carbons (Fsp3) is 0.810. The first kappa shape index (κ1) is 17.8. The average molecular weight is 305 g/mol. The fourth-order valence-electron chi connectivity index (χ4n) is 3.88. The van der Waals surface area contributed by atoms with Crippen molar-refractivity contribution in [3.63, 3.8) is 0 Å². The Kier molecular flexibility index (Phi) is 8.93. The number of hydrogen-bond acceptors (Lipinski definition) is 1. The lowest BCUT2D eigenvalue weighted by molar-refractivity contribution is 0.234. The van der Waals surface area contributed by atoms with E-state index in [1.807, 2.05) is 0 Å². The molecule has 0 aromatic rings. The quantitative estimate of drug-likeness (QED) is 0.580. The first-order valence-electron chi connectivity index (χ1n) is 9.94. The first-order chi connectivity index (χ1) is 10.9. The third-order valence-electron chi connectivity index (χ3n) is 5.35. The Bertz CT molecular complexity index is 319. The van der Waals surface area contributed by atoms with E-state index in [4.69, 9.17) is 0 Å². The molecule has 0 fully saturated rings. The Hall–Kier alpha value is -0.560. The van der Waals surface area contributed by atoms with Crippen molar-refractivity contribution in [2.24, 2.45) is 0 Å². The second kappa shape index (κ2) is 11.0. The minimum atomic E-state index is -0.279. The molecule has 2 aliphatic carbocycles. The maximum absolute atomic E-state index is 10.9. The van der Waals surface area contributed by atoms with E-state index in [9.17, 15) is 5.11 Å². The lowest BCUT2D eigenvalue weighted by atomic mass is 9.89. The Morgan fingerprint density at radius 1 is 0.545 bits per heavy atom. The zero-order valence-corrected chi connectivity index (χ0v) is 14.5. The largest absolute Gasteiger partial charge is 0.384 e. The summed E-state index contributed by atoms with van der Waals surface area (Å²) in [6.45, 7) is 0. The van der Waals surface area contributed by atoms with Crippen LogP contribution in [0.3, 0.4) is 0 Å². The third kappa shape index (κ3) is 6.69. The number of allylic oxidation sites excluding steroid dienone is 2. The molecule has 0 unspecified atom stereocenters. The standard InChI is InChI=1S/C21H36O/c22-21(19-15-11-7-3-1-4-8-12-16-19)20-17-13-9-5-2-6-10-14-18-20/h15,17,21-22H,1-14,16,18H2/b19-15+,20-17+. The van der Waals surface area contributed by atoms with Crippen LogP contribution >= 0.6 is 0 Å². The van der Waals surface area contributed by atoms with E-state index in [0.29, 0.717) is 0 Å². The summed E-state index contributed by atoms with van der Waals surface area (Å²) in [6.07, 6.45) is 25.1. The van der Waals surface area contributed by atoms with Gasteiger partial charge in [0, 0.05) is 0 Å². The van der Waals surface area contributed by atoms with Gasteiger partial charge in [-0.15, -0.1) is 0 Å². The summed E-state index contributed by atoms with van der Waals surface area (Å²) < 4.78 is 0. The van der Waals surface area contributed by atoms with Crippen LogP contribution in [0.15, 0.2) is 23.3 Å². The van der Waals surface area contributed by atoms with E-state index < -0.39 is 0 Å². The number of hydrogen-bond donors (Lipinski definition) is 1. The van der Waals surface area contributed by atoms with E-state index in [0.717, 1.165) is 12.8 Å². The molecule has 126 valence electrons. The van der Waals surface area contributed by atoms with Crippen LogP contribution in [0.5, 0.6) is 0 Å². The van der Waals surface area contributed by atoms with Crippen molar-refractivity contribution in [2.75, 3.05) is 0 Å². The molecule has 22 heavy (non-hydrogen) atoms. The van der Waals surface area contributed by atoms with Crippen molar-refractivity contribution in [2.45, 2.75) is 109 Å². The Balaban J connectivity index is 1.98. The summed E-state index contributed by atoms with van der Waals surface area (Å²) in [5.74, 6) is 0. The van der Waals surface area contributed by atoms with Crippen LogP contribution in [0.1, 0.15) is 103 Å². The minimum absolute atomic E-state index is 0.279. The molecule has 1 heteroatoms. The van der Waals surface area contributed by atoms with Crippen molar-refractivity contribution in [3.8, 4) is 0 Å². The Morgan fingerprint density at radius 3 is 1.36 bits per heavy atom. The van der Waals surface area contributed by atoms with E-state index in [1.54, 1.807) is 0 Å². The van der Waals surface area contributed by atoms with Gasteiger partial charge in [-0.05, 0) is 62.5 Å². The van der Waals surface area contributed by atoms with Gasteiger partial charge >= 0.3 is 0 Å². The molecular weight excluding hydrogens is 268 g/mol. The topological polar surface area (TPSA) is 20.2 Å². The van der Waals surface area contributed by atoms with Gasteiger partial charge in [0.2, 0.25) is 0 Å². The molecule has 2 rings (SSSR count). The number of rotatable bonds is 2. The third-order valence-corrected chi connectivity index (χ3v) is 5.35. The normalized spacial score (nSPS) is 28.3. The molecule has 0 aromatic heterocycles. The second-order valence-corrected chi connectivity index (χ2v) is 7.28. The van der Waals surface area contributed by atoms with Crippen molar-refractivity contribution in [1.82, 2.24) is 0 Å². The number of aliphatic hydroxyl groups excluding tert-OH is 1. The molecule has 0 heterocycles. The molecule has 0 radical (unpaired) electrons. The maximum atomic E-state index is 10.9. The zero-order chi connectivity index (χ0) is 15.5. The summed E-state index contributed by atoms with van der Waals surface area (Å²) in [6, 6.07) is 0. The fourth-order valence-corrected chi connectivity index (χ4v) is 3.88. The van der Waals surface area contributed by atoms with Crippen molar-refractivity contribution < 1.29 is 5.11 Å². The molecule has 1 N–H and O–H groups in total. The molecule has 0 amide bonds. The summed E-state index contributed by atoms with van der Waals surface area (Å²) in [5.41, 5.74) is 2.65. The van der Waals surface area contributed by atoms with Gasteiger partial charge in [-0.3, -0.25) is 0 Å². The molecule has 0 spiro atoms. The van der Waals surface area contributed by atoms with Gasteiger partial charge in [0.05, 0.1) is 6.10 Å². The SMILES string of the molecule is OC(/C1=C/CCCCCCCC1)/C1=C/CCCCCCCC1. The van der Waals surface area contributed by atoms with Gasteiger partial charge in [-0.25, -0.2) is 0 Å². The molecule has 0 bridgehead atoms. The van der Waals surface area contributed by atoms with Gasteiger partial charge in [-0.1, -0.05) is 63.5 Å². The Labute approximate surface area is 137 Å². The van der Waals surface area contributed by atoms with Crippen molar-refractivity contribution in [3.05, 3.63) is 23.3 Å². The number of aliphatic hydroxyl groups is 1. The van der Waals surface area contributed by atoms with Crippen LogP contribution in [0.4, 0.5) is 0 Å². The van der Waals surface area contributed by atoms with Crippen LogP contribution in [-0.4, -0.2) is 11.2 Å². The van der Waals surface area contributed by atoms with Crippen LogP contribution < -0.4 is 0 Å². The minimum Gasteiger partial charge on any atom is -0.384 e. The summed E-state index contributed by atoms with van der Waals surface area (Å²) in [4.78, 5) is 0. The average Bonchev–Trinajstić information content (AvgIpc) is 2.56. The highest BCUT2D eigenvalue weighted by Crippen LogP contribution is 2.27. The summed E-state index contributed by atoms with van der Waals surface area (Å²) in [5, 5.41) is 10.9. The Morgan fingerprint density at radius 2 is 0.909 bits per heavy atom. The van der Waals surface area contributed by atoms with Gasteiger partial charge in [0.25, 0.3) is 0 Å². The van der Waals surface area contributed by atoms with E-state index in [1.165, 1.54) is 101 Å². The first-order valence-corrected chi connectivity index (χ1v) is 9.94. The molecule has 0 atom stereocenters. The lowest BCUT2D eigenvalue weighted by Crippen LogP contribution is -2.15. The van der Waals surface area contributed by atoms with E-state index >= 15 is 0 Å². The predicted molar refractivity (Wildman–Crippen MR) is 96.0 cm³/mol. The van der Waals surface area contributed by atoms with Crippen molar-refractivity contribution >= 4 is 0 Å². The second-order valence-electron chi connectivity index (χ2n) is 7.28. The van der Waals surface area contributed by atoms with Crippen LogP contribution in [0.2, 0.25) is 0 Å². The predicted octanol–water partition coefficient (Wildman–Crippen LogP) is 6.47. The molecule has 0 aromatic carbocycles. The van der Waals surface area contributed by atoms with Crippen molar-refractivity contribution in [1.29, 1.82) is 0 Å². The molecule has 0 aliphatic heterocycles. The lowest BCUT2D eigenvalue weighted by Gasteiger charge is -2.21. The highest BCUT2D eigenvalue weighted by atomic mass is 16.3. The highest BCUT2D eigenvalue weighted by molar-refractivity contribution is 5.23. The summed E-state index contributed by atoms with van der Waals surface area (Å²) in [7, 11) is 0. The zero-order valence-electron chi connectivity index (χ0n) is 14.5. The van der Waals surface area contributed by atoms with Gasteiger partial charge < -0.3 is 5.11 Å². The van der Waals surface area contributed by atoms with E-state index in [2.05, 4.69) is 12.2 Å². The smallest absolute Gasteiger partial charge is 0.0961 e. The molecule has 1 nitrogen and oxygen atoms in total. The maximum Gasteiger partial charge on any atom is 0.0961 e. The monoisotopic (exact) mass is 304 g/mol. The molecule has 0 saturated heterocycles. The van der Waals surface area contributed by atoms with Crippen LogP contribution in [-0.2, 0) is 0 Å². The van der Waals surface area contributed by atoms with Crippen LogP contribution in [0, 0.1) is 0 Å². The van der Waals surface area contributed by atoms with Gasteiger partial charge in [0.15, 0.2) is 0 Å². The van der Waals surface area contributed by atoms with Gasteiger partial charge in [0.1, 0.15) is 0 Å². The molecule has 2 aliphatic rings. The van der Waals surface area contributed by atoms with Gasteiger partial charge in [-0.2, -0.15) is 0 Å². The molecular formula is C21H36O. The van der Waals surface area contributed by atoms with E-state index in [-0.39, 0.29) is 6.10 Å². The molecule has 0 saturated carbocycles. The summed E-state index contributed by atoms with van der Waals surface area (Å²) >= 11 is 0.